The number of ether oxygens (including phenoxy) is 1. The zero-order valence-corrected chi connectivity index (χ0v) is 14.6. The smallest absolute Gasteiger partial charge is 0.248 e. The van der Waals surface area contributed by atoms with E-state index >= 15 is 0 Å². The van der Waals surface area contributed by atoms with Gasteiger partial charge in [-0.3, -0.25) is 9.48 Å². The van der Waals surface area contributed by atoms with Crippen LogP contribution < -0.4 is 9.64 Å². The van der Waals surface area contributed by atoms with Crippen LogP contribution in [0.5, 0.6) is 5.75 Å². The minimum atomic E-state index is 0.0709. The third-order valence-corrected chi connectivity index (χ3v) is 5.16. The van der Waals surface area contributed by atoms with Crippen LogP contribution in [0.15, 0.2) is 48.7 Å². The Morgan fingerprint density at radius 1 is 1.19 bits per heavy atom. The van der Waals surface area contributed by atoms with Crippen LogP contribution in [-0.4, -0.2) is 22.2 Å². The monoisotopic (exact) mass is 345 g/mol. The van der Waals surface area contributed by atoms with E-state index in [1.54, 1.807) is 0 Å². The molecule has 1 aromatic heterocycles. The first-order chi connectivity index (χ1) is 12.7. The highest BCUT2D eigenvalue weighted by molar-refractivity contribution is 5.95. The predicted octanol–water partition coefficient (Wildman–Crippen LogP) is 3.34. The lowest BCUT2D eigenvalue weighted by Crippen LogP contribution is -2.32. The average molecular weight is 345 g/mol. The highest BCUT2D eigenvalue weighted by atomic mass is 16.5. The van der Waals surface area contributed by atoms with Crippen molar-refractivity contribution in [1.82, 2.24) is 9.78 Å². The molecule has 0 atom stereocenters. The van der Waals surface area contributed by atoms with Crippen LogP contribution >= 0.6 is 0 Å². The number of benzene rings is 2. The molecule has 2 aromatic carbocycles. The van der Waals surface area contributed by atoms with Crippen LogP contribution in [0.25, 0.3) is 11.3 Å². The average Bonchev–Trinajstić information content (AvgIpc) is 3.26. The van der Waals surface area contributed by atoms with E-state index in [2.05, 4.69) is 24.2 Å². The van der Waals surface area contributed by atoms with Gasteiger partial charge in [0.2, 0.25) is 5.91 Å². The second-order valence-electron chi connectivity index (χ2n) is 6.89. The van der Waals surface area contributed by atoms with Crippen LogP contribution in [0.2, 0.25) is 0 Å². The lowest BCUT2D eigenvalue weighted by Gasteiger charge is -2.21. The van der Waals surface area contributed by atoms with Crippen molar-refractivity contribution in [3.8, 4) is 17.0 Å². The summed E-state index contributed by atoms with van der Waals surface area (Å²) in [6, 6.07) is 14.2. The van der Waals surface area contributed by atoms with Gasteiger partial charge in [0.1, 0.15) is 18.9 Å². The molecule has 2 aliphatic rings. The Morgan fingerprint density at radius 2 is 2.08 bits per heavy atom. The van der Waals surface area contributed by atoms with Crippen molar-refractivity contribution in [2.75, 3.05) is 11.4 Å². The molecule has 3 heterocycles. The van der Waals surface area contributed by atoms with E-state index < -0.39 is 0 Å². The molecule has 5 nitrogen and oxygen atoms in total. The Morgan fingerprint density at radius 3 is 3.00 bits per heavy atom. The van der Waals surface area contributed by atoms with Gasteiger partial charge >= 0.3 is 0 Å². The second-order valence-corrected chi connectivity index (χ2v) is 6.89. The molecule has 3 aromatic rings. The number of rotatable bonds is 2. The van der Waals surface area contributed by atoms with E-state index in [1.165, 1.54) is 5.56 Å². The fourth-order valence-corrected chi connectivity index (χ4v) is 3.88. The molecular weight excluding hydrogens is 326 g/mol. The van der Waals surface area contributed by atoms with Crippen molar-refractivity contribution in [3.63, 3.8) is 0 Å². The minimum Gasteiger partial charge on any atom is -0.488 e. The second kappa shape index (κ2) is 5.73. The lowest BCUT2D eigenvalue weighted by atomic mass is 10.0. The summed E-state index contributed by atoms with van der Waals surface area (Å²) in [6.45, 7) is 3.52. The van der Waals surface area contributed by atoms with Crippen LogP contribution in [0.3, 0.4) is 0 Å². The van der Waals surface area contributed by atoms with Gasteiger partial charge in [0, 0.05) is 23.4 Å². The number of carbonyl (C=O) groups excluding carboxylic acids is 1. The molecule has 130 valence electrons. The van der Waals surface area contributed by atoms with E-state index in [0.717, 1.165) is 46.8 Å². The van der Waals surface area contributed by atoms with E-state index in [4.69, 9.17) is 4.74 Å². The number of aromatic nitrogens is 2. The summed E-state index contributed by atoms with van der Waals surface area (Å²) in [6.07, 6.45) is 2.72. The van der Waals surface area contributed by atoms with Crippen molar-refractivity contribution >= 4 is 11.6 Å². The molecule has 0 bridgehead atoms. The molecule has 0 unspecified atom stereocenters. The van der Waals surface area contributed by atoms with E-state index in [-0.39, 0.29) is 12.5 Å². The molecule has 2 aliphatic heterocycles. The number of nitrogens with zero attached hydrogens (tertiary/aromatic N) is 3. The van der Waals surface area contributed by atoms with E-state index in [1.807, 2.05) is 46.1 Å². The number of fused-ring (bicyclic) bond motifs is 4. The number of para-hydroxylation sites is 1. The SMILES string of the molecule is Cc1ccc2c(c1)-c1c(cnn1CC(=O)N1CCc3ccccc31)CO2. The zero-order chi connectivity index (χ0) is 17.7. The number of aryl methyl sites for hydroxylation is 1. The highest BCUT2D eigenvalue weighted by Crippen LogP contribution is 2.38. The molecule has 0 aliphatic carbocycles. The molecule has 1 amide bonds. The Labute approximate surface area is 151 Å². The minimum absolute atomic E-state index is 0.0709. The number of hydrogen-bond donors (Lipinski definition) is 0. The molecule has 0 fully saturated rings. The van der Waals surface area contributed by atoms with Gasteiger partial charge in [0.05, 0.1) is 11.9 Å². The van der Waals surface area contributed by atoms with Crippen LogP contribution in [0, 0.1) is 6.92 Å². The fraction of sp³-hybridized carbons (Fsp3) is 0.238. The Bertz CT molecular complexity index is 1020. The molecule has 0 saturated carbocycles. The van der Waals surface area contributed by atoms with E-state index in [9.17, 15) is 4.79 Å². The molecule has 0 N–H and O–H groups in total. The quantitative estimate of drug-likeness (QED) is 0.716. The van der Waals surface area contributed by atoms with Crippen LogP contribution in [-0.2, 0) is 24.4 Å². The zero-order valence-electron chi connectivity index (χ0n) is 14.6. The lowest BCUT2D eigenvalue weighted by molar-refractivity contribution is -0.119. The molecule has 5 rings (SSSR count). The van der Waals surface area contributed by atoms with Gasteiger partial charge in [0.25, 0.3) is 0 Å². The maximum absolute atomic E-state index is 13.0. The molecule has 0 radical (unpaired) electrons. The largest absolute Gasteiger partial charge is 0.488 e. The predicted molar refractivity (Wildman–Crippen MR) is 99.2 cm³/mol. The summed E-state index contributed by atoms with van der Waals surface area (Å²) < 4.78 is 7.64. The third kappa shape index (κ3) is 2.31. The summed E-state index contributed by atoms with van der Waals surface area (Å²) in [7, 11) is 0. The maximum Gasteiger partial charge on any atom is 0.248 e. The van der Waals surface area contributed by atoms with Gasteiger partial charge in [-0.05, 0) is 37.1 Å². The third-order valence-electron chi connectivity index (χ3n) is 5.16. The van der Waals surface area contributed by atoms with Crippen molar-refractivity contribution in [2.24, 2.45) is 0 Å². The first kappa shape index (κ1) is 15.2. The number of amides is 1. The normalized spacial score (nSPS) is 14.4. The van der Waals surface area contributed by atoms with E-state index in [0.29, 0.717) is 6.61 Å². The van der Waals surface area contributed by atoms with Crippen LogP contribution in [0.1, 0.15) is 16.7 Å². The number of anilines is 1. The number of hydrogen-bond acceptors (Lipinski definition) is 3. The van der Waals surface area contributed by atoms with Gasteiger partial charge in [0.15, 0.2) is 0 Å². The van der Waals surface area contributed by atoms with Gasteiger partial charge < -0.3 is 9.64 Å². The molecular formula is C21H19N3O2. The topological polar surface area (TPSA) is 47.4 Å². The summed E-state index contributed by atoms with van der Waals surface area (Å²) in [5.41, 5.74) is 6.45. The Balaban J connectivity index is 1.49. The summed E-state index contributed by atoms with van der Waals surface area (Å²) in [5, 5.41) is 4.48. The summed E-state index contributed by atoms with van der Waals surface area (Å²) in [4.78, 5) is 14.8. The first-order valence-electron chi connectivity index (χ1n) is 8.87. The van der Waals surface area contributed by atoms with Crippen molar-refractivity contribution in [1.29, 1.82) is 0 Å². The Hall–Kier alpha value is -3.08. The van der Waals surface area contributed by atoms with Crippen molar-refractivity contribution in [3.05, 3.63) is 65.4 Å². The Kier molecular flexibility index (Phi) is 3.35. The van der Waals surface area contributed by atoms with Gasteiger partial charge in [-0.25, -0.2) is 0 Å². The van der Waals surface area contributed by atoms with Crippen molar-refractivity contribution in [2.45, 2.75) is 26.5 Å². The molecule has 0 spiro atoms. The fourth-order valence-electron chi connectivity index (χ4n) is 3.88. The van der Waals surface area contributed by atoms with Crippen LogP contribution in [0.4, 0.5) is 5.69 Å². The highest BCUT2D eigenvalue weighted by Gasteiger charge is 2.27. The molecule has 5 heteroatoms. The number of carbonyl (C=O) groups is 1. The molecule has 0 saturated heterocycles. The van der Waals surface area contributed by atoms with Crippen molar-refractivity contribution < 1.29 is 9.53 Å². The standard InChI is InChI=1S/C21H19N3O2/c1-14-6-7-19-17(10-14)21-16(13-26-19)11-22-24(21)12-20(25)23-9-8-15-4-2-3-5-18(15)23/h2-7,10-11H,8-9,12-13H2,1H3. The molecule has 26 heavy (non-hydrogen) atoms. The van der Waals surface area contributed by atoms with Gasteiger partial charge in [-0.1, -0.05) is 29.8 Å². The van der Waals surface area contributed by atoms with Gasteiger partial charge in [-0.15, -0.1) is 0 Å². The van der Waals surface area contributed by atoms with Gasteiger partial charge in [-0.2, -0.15) is 5.10 Å². The summed E-state index contributed by atoms with van der Waals surface area (Å²) in [5.74, 6) is 0.922. The first-order valence-corrected chi connectivity index (χ1v) is 8.87. The maximum atomic E-state index is 13.0. The summed E-state index contributed by atoms with van der Waals surface area (Å²) >= 11 is 0.